The van der Waals surface area contributed by atoms with Gasteiger partial charge in [-0.3, -0.25) is 4.98 Å². The van der Waals surface area contributed by atoms with Crippen molar-refractivity contribution in [3.63, 3.8) is 0 Å². The van der Waals surface area contributed by atoms with Crippen LogP contribution < -0.4 is 5.73 Å². The summed E-state index contributed by atoms with van der Waals surface area (Å²) in [5.74, 6) is 0.947. The maximum Gasteiger partial charge on any atom is 0.172 e. The summed E-state index contributed by atoms with van der Waals surface area (Å²) in [6.07, 6.45) is 7.58. The summed E-state index contributed by atoms with van der Waals surface area (Å²) >= 11 is 0. The van der Waals surface area contributed by atoms with Crippen LogP contribution >= 0.6 is 0 Å². The van der Waals surface area contributed by atoms with Gasteiger partial charge in [-0.25, -0.2) is 4.98 Å². The molecule has 0 aliphatic heterocycles. The van der Waals surface area contributed by atoms with Gasteiger partial charge in [-0.2, -0.15) is 0 Å². The Labute approximate surface area is 98.4 Å². The van der Waals surface area contributed by atoms with Crippen molar-refractivity contribution in [2.75, 3.05) is 0 Å². The molecule has 2 heterocycles. The van der Waals surface area contributed by atoms with Gasteiger partial charge in [0, 0.05) is 30.6 Å². The van der Waals surface area contributed by atoms with Crippen molar-refractivity contribution >= 4 is 5.84 Å². The zero-order valence-corrected chi connectivity index (χ0v) is 9.41. The van der Waals surface area contributed by atoms with Crippen LogP contribution in [0, 0.1) is 0 Å². The zero-order valence-electron chi connectivity index (χ0n) is 9.41. The van der Waals surface area contributed by atoms with Gasteiger partial charge < -0.3 is 15.5 Å². The van der Waals surface area contributed by atoms with Crippen molar-refractivity contribution in [3.05, 3.63) is 42.2 Å². The van der Waals surface area contributed by atoms with Gasteiger partial charge in [0.05, 0.1) is 11.9 Å². The summed E-state index contributed by atoms with van der Waals surface area (Å²) in [6, 6.07) is 1.70. The van der Waals surface area contributed by atoms with Crippen molar-refractivity contribution in [3.8, 4) is 5.69 Å². The zero-order chi connectivity index (χ0) is 12.3. The van der Waals surface area contributed by atoms with Crippen LogP contribution in [0.25, 0.3) is 5.69 Å². The predicted molar refractivity (Wildman–Crippen MR) is 63.2 cm³/mol. The van der Waals surface area contributed by atoms with Crippen molar-refractivity contribution < 1.29 is 5.21 Å². The van der Waals surface area contributed by atoms with E-state index in [1.54, 1.807) is 24.7 Å². The molecule has 88 valence electrons. The summed E-state index contributed by atoms with van der Waals surface area (Å²) in [5.41, 5.74) is 7.00. The summed E-state index contributed by atoms with van der Waals surface area (Å²) < 4.78 is 1.88. The van der Waals surface area contributed by atoms with Gasteiger partial charge in [-0.1, -0.05) is 12.1 Å². The van der Waals surface area contributed by atoms with E-state index in [0.29, 0.717) is 5.56 Å². The normalized spacial score (nSPS) is 11.7. The van der Waals surface area contributed by atoms with E-state index in [-0.39, 0.29) is 5.84 Å². The van der Waals surface area contributed by atoms with E-state index in [1.165, 1.54) is 0 Å². The third-order valence-electron chi connectivity index (χ3n) is 2.48. The second-order valence-corrected chi connectivity index (χ2v) is 3.45. The Morgan fingerprint density at radius 2 is 2.35 bits per heavy atom. The molecule has 2 aromatic heterocycles. The number of aryl methyl sites for hydroxylation is 1. The summed E-state index contributed by atoms with van der Waals surface area (Å²) in [6.45, 7) is 2.01. The molecule has 0 unspecified atom stereocenters. The number of hydrogen-bond acceptors (Lipinski definition) is 4. The van der Waals surface area contributed by atoms with Crippen molar-refractivity contribution in [1.82, 2.24) is 14.5 Å². The van der Waals surface area contributed by atoms with Gasteiger partial charge in [0.25, 0.3) is 0 Å². The third-order valence-corrected chi connectivity index (χ3v) is 2.48. The minimum atomic E-state index is 0.0538. The molecular formula is C11H13N5O. The van der Waals surface area contributed by atoms with Crippen LogP contribution in [0.2, 0.25) is 0 Å². The van der Waals surface area contributed by atoms with E-state index >= 15 is 0 Å². The molecule has 2 rings (SSSR count). The third kappa shape index (κ3) is 1.96. The van der Waals surface area contributed by atoms with Crippen LogP contribution in [0.3, 0.4) is 0 Å². The highest BCUT2D eigenvalue weighted by molar-refractivity contribution is 6.00. The number of hydrogen-bond donors (Lipinski definition) is 2. The highest BCUT2D eigenvalue weighted by atomic mass is 16.4. The minimum Gasteiger partial charge on any atom is -0.409 e. The Balaban J connectivity index is 2.60. The van der Waals surface area contributed by atoms with Gasteiger partial charge in [0.2, 0.25) is 0 Å². The average Bonchev–Trinajstić information content (AvgIpc) is 2.86. The molecule has 17 heavy (non-hydrogen) atoms. The molecule has 0 aliphatic carbocycles. The monoisotopic (exact) mass is 231 g/mol. The fourth-order valence-electron chi connectivity index (χ4n) is 1.66. The SMILES string of the molecule is CCc1nccn1-c1cnccc1/C(N)=N/O. The molecular weight excluding hydrogens is 218 g/mol. The molecule has 0 aliphatic rings. The Morgan fingerprint density at radius 3 is 3.06 bits per heavy atom. The maximum atomic E-state index is 8.75. The predicted octanol–water partition coefficient (Wildman–Crippen LogP) is 0.924. The molecule has 0 saturated heterocycles. The highest BCUT2D eigenvalue weighted by Gasteiger charge is 2.11. The molecule has 6 heteroatoms. The average molecular weight is 231 g/mol. The first-order valence-corrected chi connectivity index (χ1v) is 5.22. The van der Waals surface area contributed by atoms with Crippen molar-refractivity contribution in [1.29, 1.82) is 0 Å². The molecule has 3 N–H and O–H groups in total. The largest absolute Gasteiger partial charge is 0.409 e. The molecule has 0 spiro atoms. The minimum absolute atomic E-state index is 0.0538. The molecule has 6 nitrogen and oxygen atoms in total. The Kier molecular flexibility index (Phi) is 3.04. The first kappa shape index (κ1) is 11.1. The second-order valence-electron chi connectivity index (χ2n) is 3.45. The first-order chi connectivity index (χ1) is 8.27. The van der Waals surface area contributed by atoms with E-state index in [1.807, 2.05) is 17.7 Å². The summed E-state index contributed by atoms with van der Waals surface area (Å²) in [5, 5.41) is 11.8. The maximum absolute atomic E-state index is 8.75. The molecule has 0 saturated carbocycles. The second kappa shape index (κ2) is 4.65. The number of nitrogens with two attached hydrogens (primary N) is 1. The van der Waals surface area contributed by atoms with Gasteiger partial charge in [0.1, 0.15) is 5.82 Å². The number of rotatable bonds is 3. The fourth-order valence-corrected chi connectivity index (χ4v) is 1.66. The van der Waals surface area contributed by atoms with E-state index in [9.17, 15) is 0 Å². The van der Waals surface area contributed by atoms with E-state index in [4.69, 9.17) is 10.9 Å². The molecule has 0 fully saturated rings. The lowest BCUT2D eigenvalue weighted by Gasteiger charge is -2.10. The number of pyridine rings is 1. The smallest absolute Gasteiger partial charge is 0.172 e. The van der Waals surface area contributed by atoms with Crippen LogP contribution in [-0.4, -0.2) is 25.6 Å². The number of nitrogens with zero attached hydrogens (tertiary/aromatic N) is 4. The standard InChI is InChI=1S/C11H13N5O/c1-2-10-14-5-6-16(10)9-7-13-4-3-8(9)11(12)15-17/h3-7,17H,2H2,1H3,(H2,12,15). The topological polar surface area (TPSA) is 89.3 Å². The molecule has 0 atom stereocenters. The van der Waals surface area contributed by atoms with Gasteiger partial charge in [-0.15, -0.1) is 0 Å². The van der Waals surface area contributed by atoms with Crippen LogP contribution in [0.4, 0.5) is 0 Å². The van der Waals surface area contributed by atoms with Crippen LogP contribution in [0.1, 0.15) is 18.3 Å². The lowest BCUT2D eigenvalue weighted by Crippen LogP contribution is -2.17. The lowest BCUT2D eigenvalue weighted by atomic mass is 10.2. The molecule has 0 aromatic carbocycles. The van der Waals surface area contributed by atoms with Crippen LogP contribution in [0.15, 0.2) is 36.0 Å². The van der Waals surface area contributed by atoms with Crippen molar-refractivity contribution in [2.24, 2.45) is 10.9 Å². The Hall–Kier alpha value is -2.37. The van der Waals surface area contributed by atoms with Gasteiger partial charge in [-0.05, 0) is 6.07 Å². The van der Waals surface area contributed by atoms with E-state index < -0.39 is 0 Å². The Bertz CT molecular complexity index is 546. The van der Waals surface area contributed by atoms with Crippen molar-refractivity contribution in [2.45, 2.75) is 13.3 Å². The number of aromatic nitrogens is 3. The summed E-state index contributed by atoms with van der Waals surface area (Å²) in [7, 11) is 0. The van der Waals surface area contributed by atoms with Gasteiger partial charge >= 0.3 is 0 Å². The molecule has 0 radical (unpaired) electrons. The van der Waals surface area contributed by atoms with Crippen LogP contribution in [0.5, 0.6) is 0 Å². The molecule has 2 aromatic rings. The molecule has 0 bridgehead atoms. The van der Waals surface area contributed by atoms with Crippen LogP contribution in [-0.2, 0) is 6.42 Å². The number of imidazole rings is 1. The first-order valence-electron chi connectivity index (χ1n) is 5.22. The van der Waals surface area contributed by atoms with E-state index in [0.717, 1.165) is 17.9 Å². The number of oxime groups is 1. The fraction of sp³-hybridized carbons (Fsp3) is 0.182. The lowest BCUT2D eigenvalue weighted by molar-refractivity contribution is 0.318. The van der Waals surface area contributed by atoms with E-state index in [2.05, 4.69) is 15.1 Å². The highest BCUT2D eigenvalue weighted by Crippen LogP contribution is 2.15. The Morgan fingerprint density at radius 1 is 1.53 bits per heavy atom. The molecule has 0 amide bonds. The number of amidine groups is 1. The van der Waals surface area contributed by atoms with Gasteiger partial charge in [0.15, 0.2) is 5.84 Å². The quantitative estimate of drug-likeness (QED) is 0.356. The summed E-state index contributed by atoms with van der Waals surface area (Å²) in [4.78, 5) is 8.28.